The summed E-state index contributed by atoms with van der Waals surface area (Å²) in [6, 6.07) is 6.42. The van der Waals surface area contributed by atoms with Crippen LogP contribution in [0.2, 0.25) is 0 Å². The van der Waals surface area contributed by atoms with E-state index in [1.54, 1.807) is 12.1 Å². The number of hydrogen-bond acceptors (Lipinski definition) is 2. The number of hydrogen-bond donors (Lipinski definition) is 2. The van der Waals surface area contributed by atoms with Crippen molar-refractivity contribution in [2.24, 2.45) is 0 Å². The van der Waals surface area contributed by atoms with E-state index in [4.69, 9.17) is 0 Å². The van der Waals surface area contributed by atoms with Crippen LogP contribution in [0.5, 0.6) is 0 Å². The molecule has 5 heteroatoms. The second-order valence-electron chi connectivity index (χ2n) is 4.83. The van der Waals surface area contributed by atoms with Crippen LogP contribution in [0.25, 0.3) is 11.3 Å². The lowest BCUT2D eigenvalue weighted by Gasteiger charge is -2.21. The number of benzene rings is 1. The quantitative estimate of drug-likeness (QED) is 0.888. The number of nitrogens with zero attached hydrogens (tertiary/aromatic N) is 1. The molecule has 1 aliphatic rings. The van der Waals surface area contributed by atoms with Crippen molar-refractivity contribution in [1.29, 1.82) is 0 Å². The SMILES string of the molecule is Fc1ccc(-c2n[nH]c(C3CCNCC3)c2Br)cc1. The highest BCUT2D eigenvalue weighted by atomic mass is 79.9. The van der Waals surface area contributed by atoms with Crippen molar-refractivity contribution in [3.8, 4) is 11.3 Å². The van der Waals surface area contributed by atoms with Gasteiger partial charge in [-0.05, 0) is 66.1 Å². The molecule has 0 aliphatic carbocycles. The Kier molecular flexibility index (Phi) is 3.66. The Labute approximate surface area is 119 Å². The Bertz CT molecular complexity index is 559. The predicted octanol–water partition coefficient (Wildman–Crippen LogP) is 3.45. The number of aromatic amines is 1. The molecule has 1 aliphatic heterocycles. The summed E-state index contributed by atoms with van der Waals surface area (Å²) in [6.07, 6.45) is 2.23. The Balaban J connectivity index is 1.91. The Morgan fingerprint density at radius 2 is 1.84 bits per heavy atom. The van der Waals surface area contributed by atoms with Crippen molar-refractivity contribution in [2.45, 2.75) is 18.8 Å². The minimum absolute atomic E-state index is 0.228. The third-order valence-electron chi connectivity index (χ3n) is 3.60. The molecule has 2 N–H and O–H groups in total. The van der Waals surface area contributed by atoms with Crippen molar-refractivity contribution in [2.75, 3.05) is 13.1 Å². The average molecular weight is 324 g/mol. The second-order valence-corrected chi connectivity index (χ2v) is 5.62. The van der Waals surface area contributed by atoms with Crippen molar-refractivity contribution < 1.29 is 4.39 Å². The predicted molar refractivity (Wildman–Crippen MR) is 76.5 cm³/mol. The fraction of sp³-hybridized carbons (Fsp3) is 0.357. The second kappa shape index (κ2) is 5.43. The van der Waals surface area contributed by atoms with Gasteiger partial charge in [-0.1, -0.05) is 0 Å². The topological polar surface area (TPSA) is 40.7 Å². The summed E-state index contributed by atoms with van der Waals surface area (Å²) >= 11 is 3.63. The highest BCUT2D eigenvalue weighted by Gasteiger charge is 2.22. The molecule has 1 saturated heterocycles. The van der Waals surface area contributed by atoms with E-state index in [0.29, 0.717) is 5.92 Å². The highest BCUT2D eigenvalue weighted by molar-refractivity contribution is 9.10. The molecule has 2 heterocycles. The van der Waals surface area contributed by atoms with E-state index < -0.39 is 0 Å². The molecular formula is C14H15BrFN3. The van der Waals surface area contributed by atoms with Gasteiger partial charge in [0.2, 0.25) is 0 Å². The number of nitrogens with one attached hydrogen (secondary N) is 2. The zero-order valence-corrected chi connectivity index (χ0v) is 12.0. The van der Waals surface area contributed by atoms with Crippen LogP contribution < -0.4 is 5.32 Å². The molecule has 100 valence electrons. The van der Waals surface area contributed by atoms with E-state index in [0.717, 1.165) is 47.4 Å². The van der Waals surface area contributed by atoms with Gasteiger partial charge in [0.15, 0.2) is 0 Å². The normalized spacial score (nSPS) is 16.7. The third-order valence-corrected chi connectivity index (χ3v) is 4.40. The van der Waals surface area contributed by atoms with Gasteiger partial charge < -0.3 is 5.32 Å². The third kappa shape index (κ3) is 2.58. The fourth-order valence-corrected chi connectivity index (χ4v) is 3.25. The minimum Gasteiger partial charge on any atom is -0.317 e. The summed E-state index contributed by atoms with van der Waals surface area (Å²) in [4.78, 5) is 0. The van der Waals surface area contributed by atoms with Crippen molar-refractivity contribution in [3.63, 3.8) is 0 Å². The van der Waals surface area contributed by atoms with E-state index in [9.17, 15) is 4.39 Å². The van der Waals surface area contributed by atoms with Gasteiger partial charge in [0.25, 0.3) is 0 Å². The van der Waals surface area contributed by atoms with E-state index in [-0.39, 0.29) is 5.82 Å². The summed E-state index contributed by atoms with van der Waals surface area (Å²) in [5.41, 5.74) is 2.93. The lowest BCUT2D eigenvalue weighted by molar-refractivity contribution is 0.452. The lowest BCUT2D eigenvalue weighted by atomic mass is 9.94. The first-order valence-electron chi connectivity index (χ1n) is 6.46. The molecule has 0 unspecified atom stereocenters. The molecule has 2 aromatic rings. The number of H-pyrrole nitrogens is 1. The summed E-state index contributed by atoms with van der Waals surface area (Å²) in [5.74, 6) is 0.284. The molecule has 1 aromatic heterocycles. The van der Waals surface area contributed by atoms with Gasteiger partial charge >= 0.3 is 0 Å². The number of halogens is 2. The Morgan fingerprint density at radius 1 is 1.16 bits per heavy atom. The standard InChI is InChI=1S/C14H15BrFN3/c15-12-13(9-1-3-11(16)4-2-9)18-19-14(12)10-5-7-17-8-6-10/h1-4,10,17H,5-8H2,(H,18,19). The smallest absolute Gasteiger partial charge is 0.123 e. The van der Waals surface area contributed by atoms with Gasteiger partial charge in [-0.2, -0.15) is 5.10 Å². The molecular weight excluding hydrogens is 309 g/mol. The summed E-state index contributed by atoms with van der Waals surface area (Å²) in [6.45, 7) is 2.09. The monoisotopic (exact) mass is 323 g/mol. The summed E-state index contributed by atoms with van der Waals surface area (Å²) in [5, 5.41) is 10.9. The molecule has 3 nitrogen and oxygen atoms in total. The van der Waals surface area contributed by atoms with Crippen LogP contribution in [0, 0.1) is 5.82 Å². The van der Waals surface area contributed by atoms with Gasteiger partial charge in [0, 0.05) is 11.5 Å². The van der Waals surface area contributed by atoms with Gasteiger partial charge in [-0.3, -0.25) is 5.10 Å². The molecule has 1 aromatic carbocycles. The molecule has 19 heavy (non-hydrogen) atoms. The maximum atomic E-state index is 13.0. The molecule has 0 bridgehead atoms. The summed E-state index contributed by atoms with van der Waals surface area (Å²) < 4.78 is 14.0. The van der Waals surface area contributed by atoms with Gasteiger partial charge in [0.05, 0.1) is 10.2 Å². The molecule has 3 rings (SSSR count). The molecule has 0 amide bonds. The molecule has 1 fully saturated rings. The molecule has 0 saturated carbocycles. The Hall–Kier alpha value is -1.20. The first-order chi connectivity index (χ1) is 9.25. The van der Waals surface area contributed by atoms with E-state index in [2.05, 4.69) is 31.4 Å². The largest absolute Gasteiger partial charge is 0.317 e. The minimum atomic E-state index is -0.228. The van der Waals surface area contributed by atoms with Gasteiger partial charge in [0.1, 0.15) is 11.5 Å². The van der Waals surface area contributed by atoms with Crippen LogP contribution in [0.4, 0.5) is 4.39 Å². The van der Waals surface area contributed by atoms with E-state index >= 15 is 0 Å². The maximum Gasteiger partial charge on any atom is 0.123 e. The average Bonchev–Trinajstić information content (AvgIpc) is 2.83. The van der Waals surface area contributed by atoms with Crippen molar-refractivity contribution >= 4 is 15.9 Å². The van der Waals surface area contributed by atoms with Crippen LogP contribution in [0.1, 0.15) is 24.5 Å². The number of piperidine rings is 1. The van der Waals surface area contributed by atoms with Crippen LogP contribution in [0.3, 0.4) is 0 Å². The number of rotatable bonds is 2. The van der Waals surface area contributed by atoms with Gasteiger partial charge in [-0.25, -0.2) is 4.39 Å². The van der Waals surface area contributed by atoms with Crippen LogP contribution in [-0.2, 0) is 0 Å². The maximum absolute atomic E-state index is 13.0. The first kappa shape index (κ1) is 12.8. The van der Waals surface area contributed by atoms with Crippen LogP contribution in [-0.4, -0.2) is 23.3 Å². The fourth-order valence-electron chi connectivity index (χ4n) is 2.52. The first-order valence-corrected chi connectivity index (χ1v) is 7.25. The van der Waals surface area contributed by atoms with Gasteiger partial charge in [-0.15, -0.1) is 0 Å². The van der Waals surface area contributed by atoms with Crippen molar-refractivity contribution in [3.05, 3.63) is 40.2 Å². The van der Waals surface area contributed by atoms with Crippen molar-refractivity contribution in [1.82, 2.24) is 15.5 Å². The number of aromatic nitrogens is 2. The van der Waals surface area contributed by atoms with Crippen LogP contribution >= 0.6 is 15.9 Å². The zero-order valence-electron chi connectivity index (χ0n) is 10.4. The highest BCUT2D eigenvalue weighted by Crippen LogP contribution is 2.35. The van der Waals surface area contributed by atoms with E-state index in [1.807, 2.05) is 0 Å². The zero-order chi connectivity index (χ0) is 13.2. The molecule has 0 radical (unpaired) electrons. The molecule has 0 atom stereocenters. The Morgan fingerprint density at radius 3 is 2.53 bits per heavy atom. The van der Waals surface area contributed by atoms with E-state index in [1.165, 1.54) is 12.1 Å². The molecule has 0 spiro atoms. The lowest BCUT2D eigenvalue weighted by Crippen LogP contribution is -2.26. The van der Waals surface area contributed by atoms with Crippen LogP contribution in [0.15, 0.2) is 28.7 Å². The summed E-state index contributed by atoms with van der Waals surface area (Å²) in [7, 11) is 0.